The molecule has 106 valence electrons. The third-order valence-corrected chi connectivity index (χ3v) is 4.31. The topological polar surface area (TPSA) is 38.5 Å². The maximum absolute atomic E-state index is 6.02. The largest absolute Gasteiger partial charge is 0.377 e. The molecule has 1 aliphatic heterocycles. The standard InChI is InChI=1S/C16H26N2O/c1-13-5-7-14(8-6-13)15(11-17)18-10-4-9-16(2,12-18)19-3/h5-8,15H,4,9-12,17H2,1-3H3. The summed E-state index contributed by atoms with van der Waals surface area (Å²) < 4.78 is 5.68. The first-order valence-electron chi connectivity index (χ1n) is 7.14. The third kappa shape index (κ3) is 3.35. The number of likely N-dealkylation sites (tertiary alicyclic amines) is 1. The fourth-order valence-corrected chi connectivity index (χ4v) is 2.96. The fourth-order valence-electron chi connectivity index (χ4n) is 2.96. The van der Waals surface area contributed by atoms with Crippen LogP contribution in [0.4, 0.5) is 0 Å². The first-order valence-corrected chi connectivity index (χ1v) is 7.14. The Kier molecular flexibility index (Phi) is 4.61. The molecule has 2 atom stereocenters. The van der Waals surface area contributed by atoms with Crippen LogP contribution in [0.2, 0.25) is 0 Å². The number of aryl methyl sites for hydroxylation is 1. The monoisotopic (exact) mass is 262 g/mol. The van der Waals surface area contributed by atoms with Crippen molar-refractivity contribution < 1.29 is 4.74 Å². The van der Waals surface area contributed by atoms with Crippen molar-refractivity contribution in [2.24, 2.45) is 5.73 Å². The van der Waals surface area contributed by atoms with Crippen molar-refractivity contribution in [3.05, 3.63) is 35.4 Å². The van der Waals surface area contributed by atoms with Crippen molar-refractivity contribution in [2.75, 3.05) is 26.7 Å². The van der Waals surface area contributed by atoms with Gasteiger partial charge >= 0.3 is 0 Å². The van der Waals surface area contributed by atoms with E-state index in [9.17, 15) is 0 Å². The molecule has 0 spiro atoms. The van der Waals surface area contributed by atoms with Crippen LogP contribution >= 0.6 is 0 Å². The molecule has 1 heterocycles. The molecule has 3 heteroatoms. The molecular weight excluding hydrogens is 236 g/mol. The first kappa shape index (κ1) is 14.5. The van der Waals surface area contributed by atoms with Crippen molar-refractivity contribution in [2.45, 2.75) is 38.3 Å². The molecule has 0 aliphatic carbocycles. The first-order chi connectivity index (χ1) is 9.08. The summed E-state index contributed by atoms with van der Waals surface area (Å²) in [6, 6.07) is 9.03. The van der Waals surface area contributed by atoms with Crippen LogP contribution in [0.15, 0.2) is 24.3 Å². The average Bonchev–Trinajstić information content (AvgIpc) is 2.42. The summed E-state index contributed by atoms with van der Waals surface area (Å²) in [6.45, 7) is 7.03. The van der Waals surface area contributed by atoms with Gasteiger partial charge in [-0.05, 0) is 38.8 Å². The Morgan fingerprint density at radius 3 is 2.63 bits per heavy atom. The van der Waals surface area contributed by atoms with E-state index in [-0.39, 0.29) is 5.60 Å². The Labute approximate surface area is 116 Å². The lowest BCUT2D eigenvalue weighted by molar-refractivity contribution is -0.0608. The van der Waals surface area contributed by atoms with Crippen LogP contribution in [0, 0.1) is 6.92 Å². The van der Waals surface area contributed by atoms with Gasteiger partial charge in [-0.3, -0.25) is 4.90 Å². The smallest absolute Gasteiger partial charge is 0.0777 e. The molecule has 1 aromatic rings. The highest BCUT2D eigenvalue weighted by atomic mass is 16.5. The van der Waals surface area contributed by atoms with Crippen molar-refractivity contribution >= 4 is 0 Å². The number of piperidine rings is 1. The number of nitrogens with zero attached hydrogens (tertiary/aromatic N) is 1. The molecular formula is C16H26N2O. The Morgan fingerprint density at radius 1 is 1.37 bits per heavy atom. The summed E-state index contributed by atoms with van der Waals surface area (Å²) in [6.07, 6.45) is 2.30. The predicted molar refractivity (Wildman–Crippen MR) is 79.2 cm³/mol. The summed E-state index contributed by atoms with van der Waals surface area (Å²) in [7, 11) is 1.81. The summed E-state index contributed by atoms with van der Waals surface area (Å²) in [4.78, 5) is 2.47. The number of hydrogen-bond acceptors (Lipinski definition) is 3. The Morgan fingerprint density at radius 2 is 2.05 bits per heavy atom. The van der Waals surface area contributed by atoms with Gasteiger partial charge in [0, 0.05) is 26.2 Å². The van der Waals surface area contributed by atoms with Gasteiger partial charge in [0.25, 0.3) is 0 Å². The van der Waals surface area contributed by atoms with E-state index in [2.05, 4.69) is 43.0 Å². The van der Waals surface area contributed by atoms with Gasteiger partial charge in [-0.1, -0.05) is 29.8 Å². The van der Waals surface area contributed by atoms with Crippen LogP contribution < -0.4 is 5.73 Å². The molecule has 1 aromatic carbocycles. The summed E-state index contributed by atoms with van der Waals surface area (Å²) in [5.41, 5.74) is 8.59. The molecule has 3 nitrogen and oxygen atoms in total. The van der Waals surface area contributed by atoms with Gasteiger partial charge in [0.05, 0.1) is 5.60 Å². The highest BCUT2D eigenvalue weighted by Crippen LogP contribution is 2.30. The van der Waals surface area contributed by atoms with Gasteiger partial charge in [-0.15, -0.1) is 0 Å². The second kappa shape index (κ2) is 6.04. The normalized spacial score (nSPS) is 26.3. The molecule has 1 fully saturated rings. The van der Waals surface area contributed by atoms with Gasteiger partial charge < -0.3 is 10.5 Å². The number of hydrogen-bond donors (Lipinski definition) is 1. The number of benzene rings is 1. The zero-order chi connectivity index (χ0) is 13.9. The molecule has 19 heavy (non-hydrogen) atoms. The van der Waals surface area contributed by atoms with Crippen LogP contribution in [0.1, 0.15) is 36.9 Å². The van der Waals surface area contributed by atoms with E-state index in [4.69, 9.17) is 10.5 Å². The van der Waals surface area contributed by atoms with Crippen molar-refractivity contribution in [1.29, 1.82) is 0 Å². The number of nitrogens with two attached hydrogens (primary N) is 1. The van der Waals surface area contributed by atoms with Crippen LogP contribution in [-0.2, 0) is 4.74 Å². The van der Waals surface area contributed by atoms with Gasteiger partial charge in [-0.2, -0.15) is 0 Å². The zero-order valence-corrected chi connectivity index (χ0v) is 12.4. The number of rotatable bonds is 4. The predicted octanol–water partition coefficient (Wildman–Crippen LogP) is 2.50. The molecule has 1 aliphatic rings. The third-order valence-electron chi connectivity index (χ3n) is 4.31. The lowest BCUT2D eigenvalue weighted by Gasteiger charge is -2.43. The van der Waals surface area contributed by atoms with E-state index < -0.39 is 0 Å². The lowest BCUT2D eigenvalue weighted by atomic mass is 9.92. The molecule has 0 aromatic heterocycles. The minimum Gasteiger partial charge on any atom is -0.377 e. The molecule has 0 bridgehead atoms. The molecule has 0 saturated carbocycles. The van der Waals surface area contributed by atoms with E-state index >= 15 is 0 Å². The fraction of sp³-hybridized carbons (Fsp3) is 0.625. The molecule has 2 N–H and O–H groups in total. The summed E-state index contributed by atoms with van der Waals surface area (Å²) in [5.74, 6) is 0. The second-order valence-corrected chi connectivity index (χ2v) is 5.89. The quantitative estimate of drug-likeness (QED) is 0.906. The van der Waals surface area contributed by atoms with Crippen molar-refractivity contribution in [3.63, 3.8) is 0 Å². The second-order valence-electron chi connectivity index (χ2n) is 5.89. The lowest BCUT2D eigenvalue weighted by Crippen LogP contribution is -2.49. The highest BCUT2D eigenvalue weighted by molar-refractivity contribution is 5.24. The van der Waals surface area contributed by atoms with Crippen LogP contribution in [0.25, 0.3) is 0 Å². The molecule has 2 rings (SSSR count). The van der Waals surface area contributed by atoms with Gasteiger partial charge in [0.15, 0.2) is 0 Å². The Hall–Kier alpha value is -0.900. The van der Waals surface area contributed by atoms with E-state index in [0.717, 1.165) is 19.5 Å². The minimum atomic E-state index is -0.0314. The highest BCUT2D eigenvalue weighted by Gasteiger charge is 2.33. The van der Waals surface area contributed by atoms with Gasteiger partial charge in [0.1, 0.15) is 0 Å². The van der Waals surface area contributed by atoms with Crippen LogP contribution in [0.5, 0.6) is 0 Å². The summed E-state index contributed by atoms with van der Waals surface area (Å²) in [5, 5.41) is 0. The average molecular weight is 262 g/mol. The number of methoxy groups -OCH3 is 1. The zero-order valence-electron chi connectivity index (χ0n) is 12.4. The van der Waals surface area contributed by atoms with Crippen LogP contribution in [-0.4, -0.2) is 37.2 Å². The van der Waals surface area contributed by atoms with Crippen molar-refractivity contribution in [1.82, 2.24) is 4.90 Å². The number of ether oxygens (including phenoxy) is 1. The van der Waals surface area contributed by atoms with E-state index in [1.165, 1.54) is 17.5 Å². The SMILES string of the molecule is COC1(C)CCCN(C(CN)c2ccc(C)cc2)C1. The Bertz CT molecular complexity index is 404. The van der Waals surface area contributed by atoms with Crippen molar-refractivity contribution in [3.8, 4) is 0 Å². The molecule has 2 unspecified atom stereocenters. The van der Waals surface area contributed by atoms with Gasteiger partial charge in [0.2, 0.25) is 0 Å². The van der Waals surface area contributed by atoms with Gasteiger partial charge in [-0.25, -0.2) is 0 Å². The molecule has 1 saturated heterocycles. The maximum Gasteiger partial charge on any atom is 0.0777 e. The van der Waals surface area contributed by atoms with Crippen LogP contribution in [0.3, 0.4) is 0 Å². The summed E-state index contributed by atoms with van der Waals surface area (Å²) >= 11 is 0. The molecule has 0 radical (unpaired) electrons. The molecule has 0 amide bonds. The van der Waals surface area contributed by atoms with E-state index in [1.807, 2.05) is 7.11 Å². The van der Waals surface area contributed by atoms with E-state index in [0.29, 0.717) is 12.6 Å². The minimum absolute atomic E-state index is 0.0314. The maximum atomic E-state index is 6.02. The van der Waals surface area contributed by atoms with E-state index in [1.54, 1.807) is 0 Å². The Balaban J connectivity index is 2.15.